The predicted molar refractivity (Wildman–Crippen MR) is 82.0 cm³/mol. The number of H-pyrrole nitrogens is 1. The van der Waals surface area contributed by atoms with E-state index in [9.17, 15) is 4.79 Å². The topological polar surface area (TPSA) is 36.1 Å². The van der Waals surface area contributed by atoms with E-state index in [1.165, 1.54) is 17.2 Å². The van der Waals surface area contributed by atoms with Gasteiger partial charge in [0.15, 0.2) is 0 Å². The molecule has 2 aromatic rings. The molecule has 3 rings (SSSR count). The Morgan fingerprint density at radius 1 is 1.11 bits per heavy atom. The molecule has 4 heteroatoms. The van der Waals surface area contributed by atoms with Gasteiger partial charge in [-0.1, -0.05) is 12.1 Å². The zero-order valence-corrected chi connectivity index (χ0v) is 11.5. The average Bonchev–Trinajstić information content (AvgIpc) is 2.49. The van der Waals surface area contributed by atoms with Crippen molar-refractivity contribution in [3.05, 3.63) is 52.9 Å². The SMILES string of the molecule is O=c1[nH]cccc1-c1cccc(N2CCSCC2)c1. The fraction of sp³-hybridized carbons (Fsp3) is 0.267. The van der Waals surface area contributed by atoms with Crippen molar-refractivity contribution in [2.24, 2.45) is 0 Å². The first kappa shape index (κ1) is 12.4. The number of hydrogen-bond acceptors (Lipinski definition) is 3. The van der Waals surface area contributed by atoms with Crippen LogP contribution in [0.5, 0.6) is 0 Å². The van der Waals surface area contributed by atoms with Crippen LogP contribution in [-0.2, 0) is 0 Å². The zero-order valence-electron chi connectivity index (χ0n) is 10.6. The van der Waals surface area contributed by atoms with E-state index < -0.39 is 0 Å². The predicted octanol–water partition coefficient (Wildman–Crippen LogP) is 2.60. The van der Waals surface area contributed by atoms with Crippen molar-refractivity contribution in [2.75, 3.05) is 29.5 Å². The fourth-order valence-electron chi connectivity index (χ4n) is 2.34. The number of nitrogens with zero attached hydrogens (tertiary/aromatic N) is 1. The Morgan fingerprint density at radius 3 is 2.74 bits per heavy atom. The minimum absolute atomic E-state index is 0.0335. The van der Waals surface area contributed by atoms with E-state index in [1.807, 2.05) is 36.0 Å². The largest absolute Gasteiger partial charge is 0.370 e. The van der Waals surface area contributed by atoms with Crippen LogP contribution in [0.4, 0.5) is 5.69 Å². The summed E-state index contributed by atoms with van der Waals surface area (Å²) in [6.07, 6.45) is 1.66. The second kappa shape index (κ2) is 5.53. The fourth-order valence-corrected chi connectivity index (χ4v) is 3.24. The molecular formula is C15H16N2OS. The summed E-state index contributed by atoms with van der Waals surface area (Å²) < 4.78 is 0. The molecule has 98 valence electrons. The van der Waals surface area contributed by atoms with Gasteiger partial charge in [-0.05, 0) is 29.8 Å². The summed E-state index contributed by atoms with van der Waals surface area (Å²) in [5.74, 6) is 2.35. The molecule has 0 amide bonds. The minimum Gasteiger partial charge on any atom is -0.370 e. The second-order valence-corrected chi connectivity index (χ2v) is 5.79. The number of aromatic nitrogens is 1. The molecule has 1 fully saturated rings. The number of thioether (sulfide) groups is 1. The summed E-state index contributed by atoms with van der Waals surface area (Å²) >= 11 is 2.00. The molecule has 19 heavy (non-hydrogen) atoms. The van der Waals surface area contributed by atoms with Crippen molar-refractivity contribution in [3.63, 3.8) is 0 Å². The third kappa shape index (κ3) is 2.68. The Kier molecular flexibility index (Phi) is 3.60. The van der Waals surface area contributed by atoms with E-state index in [-0.39, 0.29) is 5.56 Å². The molecule has 0 bridgehead atoms. The summed E-state index contributed by atoms with van der Waals surface area (Å²) in [6, 6.07) is 12.0. The van der Waals surface area contributed by atoms with E-state index >= 15 is 0 Å². The molecule has 0 unspecified atom stereocenters. The molecule has 1 aromatic heterocycles. The van der Waals surface area contributed by atoms with Crippen molar-refractivity contribution < 1.29 is 0 Å². The monoisotopic (exact) mass is 272 g/mol. The molecule has 1 aromatic carbocycles. The van der Waals surface area contributed by atoms with E-state index in [0.29, 0.717) is 0 Å². The molecule has 3 nitrogen and oxygen atoms in total. The van der Waals surface area contributed by atoms with Gasteiger partial charge in [0.1, 0.15) is 0 Å². The Morgan fingerprint density at radius 2 is 1.95 bits per heavy atom. The van der Waals surface area contributed by atoms with E-state index in [1.54, 1.807) is 6.20 Å². The maximum atomic E-state index is 11.8. The summed E-state index contributed by atoms with van der Waals surface area (Å²) in [6.45, 7) is 2.17. The highest BCUT2D eigenvalue weighted by atomic mass is 32.2. The zero-order chi connectivity index (χ0) is 13.1. The summed E-state index contributed by atoms with van der Waals surface area (Å²) in [7, 11) is 0. The standard InChI is InChI=1S/C15H16N2OS/c18-15-14(5-2-6-16-15)12-3-1-4-13(11-12)17-7-9-19-10-8-17/h1-6,11H,7-10H2,(H,16,18). The van der Waals surface area contributed by atoms with Gasteiger partial charge in [-0.2, -0.15) is 11.8 Å². The van der Waals surface area contributed by atoms with E-state index in [4.69, 9.17) is 0 Å². The first-order chi connectivity index (χ1) is 9.34. The molecule has 1 N–H and O–H groups in total. The van der Waals surface area contributed by atoms with Crippen LogP contribution >= 0.6 is 11.8 Å². The van der Waals surface area contributed by atoms with Crippen molar-refractivity contribution in [1.82, 2.24) is 4.98 Å². The summed E-state index contributed by atoms with van der Waals surface area (Å²) in [5, 5.41) is 0. The van der Waals surface area contributed by atoms with Gasteiger partial charge in [-0.25, -0.2) is 0 Å². The second-order valence-electron chi connectivity index (χ2n) is 4.56. The Bertz CT molecular complexity index is 617. The molecule has 1 aliphatic rings. The number of anilines is 1. The molecular weight excluding hydrogens is 256 g/mol. The van der Waals surface area contributed by atoms with Gasteiger partial charge in [0.2, 0.25) is 0 Å². The van der Waals surface area contributed by atoms with Gasteiger partial charge in [-0.3, -0.25) is 4.79 Å². The number of nitrogens with one attached hydrogen (secondary N) is 1. The summed E-state index contributed by atoms with van der Waals surface area (Å²) in [5.41, 5.74) is 2.89. The van der Waals surface area contributed by atoms with E-state index in [2.05, 4.69) is 22.0 Å². The van der Waals surface area contributed by atoms with Crippen LogP contribution in [0.3, 0.4) is 0 Å². The van der Waals surface area contributed by atoms with Crippen molar-refractivity contribution in [1.29, 1.82) is 0 Å². The first-order valence-corrected chi connectivity index (χ1v) is 7.61. The van der Waals surface area contributed by atoms with Crippen molar-refractivity contribution >= 4 is 17.4 Å². The van der Waals surface area contributed by atoms with Crippen LogP contribution in [-0.4, -0.2) is 29.6 Å². The maximum absolute atomic E-state index is 11.8. The molecule has 2 heterocycles. The molecule has 0 atom stereocenters. The van der Waals surface area contributed by atoms with Crippen LogP contribution < -0.4 is 10.5 Å². The van der Waals surface area contributed by atoms with Crippen molar-refractivity contribution in [2.45, 2.75) is 0 Å². The lowest BCUT2D eigenvalue weighted by Crippen LogP contribution is -2.32. The quantitative estimate of drug-likeness (QED) is 0.913. The van der Waals surface area contributed by atoms with Crippen LogP contribution in [0.25, 0.3) is 11.1 Å². The highest BCUT2D eigenvalue weighted by Crippen LogP contribution is 2.24. The van der Waals surface area contributed by atoms with Crippen LogP contribution in [0.2, 0.25) is 0 Å². The van der Waals surface area contributed by atoms with Gasteiger partial charge in [0.05, 0.1) is 0 Å². The molecule has 0 aliphatic carbocycles. The van der Waals surface area contributed by atoms with Crippen LogP contribution in [0.15, 0.2) is 47.4 Å². The normalized spacial score (nSPS) is 15.5. The van der Waals surface area contributed by atoms with Crippen molar-refractivity contribution in [3.8, 4) is 11.1 Å². The number of pyridine rings is 1. The Labute approximate surface area is 116 Å². The highest BCUT2D eigenvalue weighted by molar-refractivity contribution is 7.99. The molecule has 0 radical (unpaired) electrons. The molecule has 1 aliphatic heterocycles. The Hall–Kier alpha value is -1.68. The third-order valence-corrected chi connectivity index (χ3v) is 4.29. The maximum Gasteiger partial charge on any atom is 0.255 e. The van der Waals surface area contributed by atoms with Gasteiger partial charge in [-0.15, -0.1) is 0 Å². The third-order valence-electron chi connectivity index (χ3n) is 3.35. The lowest BCUT2D eigenvalue weighted by atomic mass is 10.1. The van der Waals surface area contributed by atoms with E-state index in [0.717, 1.165) is 24.2 Å². The van der Waals surface area contributed by atoms with Gasteiger partial charge in [0.25, 0.3) is 5.56 Å². The lowest BCUT2D eigenvalue weighted by Gasteiger charge is -2.28. The van der Waals surface area contributed by atoms with Gasteiger partial charge in [0, 0.05) is 42.0 Å². The summed E-state index contributed by atoms with van der Waals surface area (Å²) in [4.78, 5) is 16.9. The Balaban J connectivity index is 1.96. The molecule has 0 saturated carbocycles. The molecule has 0 spiro atoms. The number of rotatable bonds is 2. The van der Waals surface area contributed by atoms with Crippen LogP contribution in [0.1, 0.15) is 0 Å². The highest BCUT2D eigenvalue weighted by Gasteiger charge is 2.12. The average molecular weight is 272 g/mol. The first-order valence-electron chi connectivity index (χ1n) is 6.45. The molecule has 1 saturated heterocycles. The number of benzene rings is 1. The van der Waals surface area contributed by atoms with Gasteiger partial charge < -0.3 is 9.88 Å². The lowest BCUT2D eigenvalue weighted by molar-refractivity contribution is 0.859. The minimum atomic E-state index is -0.0335. The smallest absolute Gasteiger partial charge is 0.255 e. The number of aromatic amines is 1. The number of hydrogen-bond donors (Lipinski definition) is 1. The van der Waals surface area contributed by atoms with Crippen LogP contribution in [0, 0.1) is 0 Å². The van der Waals surface area contributed by atoms with Gasteiger partial charge >= 0.3 is 0 Å².